The summed E-state index contributed by atoms with van der Waals surface area (Å²) in [6.45, 7) is 2.70. The molecule has 17 heavy (non-hydrogen) atoms. The van der Waals surface area contributed by atoms with Crippen molar-refractivity contribution in [3.63, 3.8) is 0 Å². The summed E-state index contributed by atoms with van der Waals surface area (Å²) in [6.07, 6.45) is 1.93. The Bertz CT molecular complexity index is 376. The highest BCUT2D eigenvalue weighted by molar-refractivity contribution is 9.09. The number of carbonyl (C=O) groups is 1. The lowest BCUT2D eigenvalue weighted by atomic mass is 10.2. The first-order valence-corrected chi connectivity index (χ1v) is 7.06. The maximum Gasteiger partial charge on any atom is 0.254 e. The molecule has 1 rings (SSSR count). The molecule has 0 aliphatic heterocycles. The van der Waals surface area contributed by atoms with Gasteiger partial charge in [0.05, 0.1) is 15.6 Å². The van der Waals surface area contributed by atoms with Gasteiger partial charge >= 0.3 is 0 Å². The number of alkyl halides is 1. The Hall–Kier alpha value is -0.250. The van der Waals surface area contributed by atoms with Crippen molar-refractivity contribution in [2.24, 2.45) is 0 Å². The van der Waals surface area contributed by atoms with Crippen molar-refractivity contribution in [3.8, 4) is 0 Å². The van der Waals surface area contributed by atoms with Crippen LogP contribution in [0.2, 0.25) is 10.0 Å². The molecule has 0 aromatic heterocycles. The SMILES string of the molecule is CC(Br)CCCNC(=O)c1c(Cl)cccc1Cl. The Balaban J connectivity index is 2.53. The zero-order valence-electron chi connectivity index (χ0n) is 9.47. The fraction of sp³-hybridized carbons (Fsp3) is 0.417. The maximum absolute atomic E-state index is 11.8. The number of hydrogen-bond donors (Lipinski definition) is 1. The summed E-state index contributed by atoms with van der Waals surface area (Å²) < 4.78 is 0. The van der Waals surface area contributed by atoms with Crippen molar-refractivity contribution in [1.29, 1.82) is 0 Å². The van der Waals surface area contributed by atoms with Gasteiger partial charge in [-0.2, -0.15) is 0 Å². The van der Waals surface area contributed by atoms with Gasteiger partial charge in [0.15, 0.2) is 0 Å². The molecule has 1 N–H and O–H groups in total. The molecule has 0 fully saturated rings. The van der Waals surface area contributed by atoms with Crippen molar-refractivity contribution in [1.82, 2.24) is 5.32 Å². The summed E-state index contributed by atoms with van der Waals surface area (Å²) in [7, 11) is 0. The van der Waals surface area contributed by atoms with E-state index in [4.69, 9.17) is 23.2 Å². The van der Waals surface area contributed by atoms with Crippen molar-refractivity contribution in [2.45, 2.75) is 24.6 Å². The van der Waals surface area contributed by atoms with E-state index in [0.29, 0.717) is 27.0 Å². The van der Waals surface area contributed by atoms with Crippen LogP contribution in [-0.2, 0) is 0 Å². The largest absolute Gasteiger partial charge is 0.352 e. The van der Waals surface area contributed by atoms with Gasteiger partial charge in [0.25, 0.3) is 5.91 Å². The minimum atomic E-state index is -0.220. The molecule has 1 aromatic rings. The third kappa shape index (κ3) is 4.86. The number of nitrogens with one attached hydrogen (secondary N) is 1. The maximum atomic E-state index is 11.8. The van der Waals surface area contributed by atoms with Crippen molar-refractivity contribution >= 4 is 45.0 Å². The fourth-order valence-electron chi connectivity index (χ4n) is 1.39. The van der Waals surface area contributed by atoms with E-state index >= 15 is 0 Å². The molecule has 5 heteroatoms. The molecule has 1 unspecified atom stereocenters. The second-order valence-corrected chi connectivity index (χ2v) is 6.15. The molecule has 94 valence electrons. The summed E-state index contributed by atoms with van der Waals surface area (Å²) in [6, 6.07) is 5.03. The molecule has 0 aliphatic rings. The van der Waals surface area contributed by atoms with E-state index in [2.05, 4.69) is 28.2 Å². The summed E-state index contributed by atoms with van der Waals surface area (Å²) in [5.41, 5.74) is 0.350. The van der Waals surface area contributed by atoms with Gasteiger partial charge in [-0.3, -0.25) is 4.79 Å². The summed E-state index contributed by atoms with van der Waals surface area (Å²) in [5.74, 6) is -0.220. The number of benzene rings is 1. The first-order valence-electron chi connectivity index (χ1n) is 5.38. The molecular formula is C12H14BrCl2NO. The van der Waals surface area contributed by atoms with Crippen molar-refractivity contribution in [2.75, 3.05) is 6.54 Å². The first-order chi connectivity index (χ1) is 8.02. The number of hydrogen-bond acceptors (Lipinski definition) is 1. The number of amides is 1. The van der Waals surface area contributed by atoms with Gasteiger partial charge in [-0.25, -0.2) is 0 Å². The van der Waals surface area contributed by atoms with Crippen LogP contribution < -0.4 is 5.32 Å². The second-order valence-electron chi connectivity index (χ2n) is 3.78. The van der Waals surface area contributed by atoms with Gasteiger partial charge in [0.2, 0.25) is 0 Å². The lowest BCUT2D eigenvalue weighted by Gasteiger charge is -2.08. The highest BCUT2D eigenvalue weighted by Gasteiger charge is 2.13. The minimum absolute atomic E-state index is 0.220. The van der Waals surface area contributed by atoms with E-state index in [-0.39, 0.29) is 5.91 Å². The third-order valence-corrected chi connectivity index (χ3v) is 3.34. The van der Waals surface area contributed by atoms with Gasteiger partial charge in [-0.15, -0.1) is 0 Å². The van der Waals surface area contributed by atoms with Crippen molar-refractivity contribution in [3.05, 3.63) is 33.8 Å². The van der Waals surface area contributed by atoms with E-state index in [1.807, 2.05) is 0 Å². The normalized spacial score (nSPS) is 12.2. The van der Waals surface area contributed by atoms with Crippen LogP contribution in [0.25, 0.3) is 0 Å². The van der Waals surface area contributed by atoms with E-state index in [0.717, 1.165) is 12.8 Å². The topological polar surface area (TPSA) is 29.1 Å². The molecule has 0 heterocycles. The molecule has 0 saturated heterocycles. The van der Waals surface area contributed by atoms with E-state index in [9.17, 15) is 4.79 Å². The third-order valence-electron chi connectivity index (χ3n) is 2.25. The van der Waals surface area contributed by atoms with Gasteiger partial charge in [-0.05, 0) is 25.0 Å². The zero-order valence-corrected chi connectivity index (χ0v) is 12.6. The predicted molar refractivity (Wildman–Crippen MR) is 76.4 cm³/mol. The highest BCUT2D eigenvalue weighted by Crippen LogP contribution is 2.23. The quantitative estimate of drug-likeness (QED) is 0.629. The highest BCUT2D eigenvalue weighted by atomic mass is 79.9. The summed E-state index contributed by atoms with van der Waals surface area (Å²) >= 11 is 15.3. The Morgan fingerprint density at radius 1 is 1.41 bits per heavy atom. The molecule has 0 saturated carbocycles. The average Bonchev–Trinajstić information content (AvgIpc) is 2.24. The lowest BCUT2D eigenvalue weighted by Crippen LogP contribution is -2.25. The molecule has 1 amide bonds. The van der Waals surface area contributed by atoms with Gasteiger partial charge in [0, 0.05) is 11.4 Å². The van der Waals surface area contributed by atoms with Crippen LogP contribution in [-0.4, -0.2) is 17.3 Å². The Morgan fingerprint density at radius 3 is 2.53 bits per heavy atom. The molecule has 0 radical (unpaired) electrons. The smallest absolute Gasteiger partial charge is 0.254 e. The van der Waals surface area contributed by atoms with Crippen LogP contribution >= 0.6 is 39.1 Å². The van der Waals surface area contributed by atoms with Crippen LogP contribution in [0, 0.1) is 0 Å². The van der Waals surface area contributed by atoms with Crippen LogP contribution in [0.5, 0.6) is 0 Å². The monoisotopic (exact) mass is 337 g/mol. The van der Waals surface area contributed by atoms with E-state index < -0.39 is 0 Å². The first kappa shape index (κ1) is 14.8. The van der Waals surface area contributed by atoms with Crippen LogP contribution in [0.3, 0.4) is 0 Å². The van der Waals surface area contributed by atoms with E-state index in [1.54, 1.807) is 18.2 Å². The Kier molecular flexibility index (Phi) is 6.31. The molecule has 0 bridgehead atoms. The Labute approximate surface area is 120 Å². The van der Waals surface area contributed by atoms with Crippen LogP contribution in [0.15, 0.2) is 18.2 Å². The van der Waals surface area contributed by atoms with E-state index in [1.165, 1.54) is 0 Å². The molecular weight excluding hydrogens is 325 g/mol. The minimum Gasteiger partial charge on any atom is -0.352 e. The summed E-state index contributed by atoms with van der Waals surface area (Å²) in [4.78, 5) is 12.3. The van der Waals surface area contributed by atoms with Gasteiger partial charge < -0.3 is 5.32 Å². The van der Waals surface area contributed by atoms with Crippen molar-refractivity contribution < 1.29 is 4.79 Å². The Morgan fingerprint density at radius 2 is 2.00 bits per heavy atom. The predicted octanol–water partition coefficient (Wildman–Crippen LogP) is 4.29. The molecule has 2 nitrogen and oxygen atoms in total. The number of halogens is 3. The van der Waals surface area contributed by atoms with Crippen LogP contribution in [0.1, 0.15) is 30.1 Å². The lowest BCUT2D eigenvalue weighted by molar-refractivity contribution is 0.0953. The molecule has 0 aliphatic carbocycles. The number of carbonyl (C=O) groups excluding carboxylic acids is 1. The second kappa shape index (κ2) is 7.24. The average molecular weight is 339 g/mol. The summed E-state index contributed by atoms with van der Waals surface area (Å²) in [5, 5.41) is 3.56. The van der Waals surface area contributed by atoms with Gasteiger partial charge in [0.1, 0.15) is 0 Å². The molecule has 0 spiro atoms. The molecule has 1 atom stereocenters. The standard InChI is InChI=1S/C12H14BrCl2NO/c1-8(13)4-3-7-16-12(17)11-9(14)5-2-6-10(11)15/h2,5-6,8H,3-4,7H2,1H3,(H,16,17). The van der Waals surface area contributed by atoms with Gasteiger partial charge in [-0.1, -0.05) is 52.1 Å². The number of rotatable bonds is 5. The van der Waals surface area contributed by atoms with Crippen LogP contribution in [0.4, 0.5) is 0 Å². The molecule has 1 aromatic carbocycles. The zero-order chi connectivity index (χ0) is 12.8. The fourth-order valence-corrected chi connectivity index (χ4v) is 2.28.